The summed E-state index contributed by atoms with van der Waals surface area (Å²) in [5, 5.41) is 174. The van der Waals surface area contributed by atoms with Crippen molar-refractivity contribution >= 4 is 11.9 Å². The van der Waals surface area contributed by atoms with E-state index >= 15 is 4.79 Å². The number of rotatable bonds is 14. The van der Waals surface area contributed by atoms with Gasteiger partial charge in [-0.3, -0.25) is 9.59 Å². The lowest BCUT2D eigenvalue weighted by Gasteiger charge is -2.71. The summed E-state index contributed by atoms with van der Waals surface area (Å²) in [6.07, 6.45) is -33.4. The average molecular weight is 1240 g/mol. The van der Waals surface area contributed by atoms with Gasteiger partial charge in [-0.1, -0.05) is 46.3 Å². The maximum atomic E-state index is 15.8. The highest BCUT2D eigenvalue weighted by molar-refractivity contribution is 5.79. The first-order chi connectivity index (χ1) is 40.2. The summed E-state index contributed by atoms with van der Waals surface area (Å²) in [5.74, 6) is -3.33. The van der Waals surface area contributed by atoms with Gasteiger partial charge in [-0.2, -0.15) is 0 Å². The molecule has 0 aromatic carbocycles. The number of ether oxygens (including phenoxy) is 10. The maximum Gasteiger partial charge on any atom is 0.315 e. The monoisotopic (exact) mass is 1240 g/mol. The van der Waals surface area contributed by atoms with Gasteiger partial charge in [0.1, 0.15) is 97.2 Å². The van der Waals surface area contributed by atoms with Gasteiger partial charge in [0.2, 0.25) is 6.29 Å². The lowest BCUT2D eigenvalue weighted by atomic mass is 9.33. The van der Waals surface area contributed by atoms with E-state index in [4.69, 9.17) is 47.4 Å². The Morgan fingerprint density at radius 1 is 0.605 bits per heavy atom. The number of carboxylic acids is 1. The van der Waals surface area contributed by atoms with Crippen molar-refractivity contribution in [3.05, 3.63) is 11.6 Å². The second-order valence-electron chi connectivity index (χ2n) is 28.2. The molecule has 0 radical (unpaired) electrons. The number of carbonyl (C=O) groups excluding carboxylic acids is 1. The van der Waals surface area contributed by atoms with Gasteiger partial charge in [-0.15, -0.1) is 0 Å². The summed E-state index contributed by atoms with van der Waals surface area (Å²) in [6, 6.07) is 0. The van der Waals surface area contributed by atoms with Crippen molar-refractivity contribution in [1.82, 2.24) is 0 Å². The molecule has 0 amide bonds. The SMILES string of the molecule is CC1OC(OC2C(OC(=O)C34CCC(C)(C)CC3C3=CCC5C6(C)CC(O)C(OC7OC(CO)C(O)C(O)C7O)C(C)(C(=O)O)C6CCC5(C)C3(C)CC4)OC(CO)C(O)C2OC2OCC(O)(CO)C2O)C(O)C(O)C1OC1OCC(O)C(O)C1O. The van der Waals surface area contributed by atoms with Crippen LogP contribution in [0.15, 0.2) is 11.6 Å². The van der Waals surface area contributed by atoms with Crippen LogP contribution in [0.3, 0.4) is 0 Å². The molecule has 16 N–H and O–H groups in total. The van der Waals surface area contributed by atoms with Crippen molar-refractivity contribution in [2.75, 3.05) is 33.0 Å². The van der Waals surface area contributed by atoms with E-state index < -0.39 is 231 Å². The topological polar surface area (TPSA) is 450 Å². The van der Waals surface area contributed by atoms with Gasteiger partial charge in [0.15, 0.2) is 31.3 Å². The quantitative estimate of drug-likeness (QED) is 0.0449. The molecule has 0 aromatic heterocycles. The van der Waals surface area contributed by atoms with Crippen LogP contribution in [0.5, 0.6) is 0 Å². The minimum atomic E-state index is -2.23. The molecule has 32 atom stereocenters. The van der Waals surface area contributed by atoms with Crippen LogP contribution in [-0.2, 0) is 57.0 Å². The zero-order valence-electron chi connectivity index (χ0n) is 49.5. The van der Waals surface area contributed by atoms with Gasteiger partial charge in [0.25, 0.3) is 0 Å². The fourth-order valence-corrected chi connectivity index (χ4v) is 17.5. The number of fused-ring (bicyclic) bond motifs is 7. The predicted molar refractivity (Wildman–Crippen MR) is 285 cm³/mol. The number of aliphatic carboxylic acids is 1. The molecule has 5 heterocycles. The number of carbonyl (C=O) groups is 2. The Morgan fingerprint density at radius 2 is 1.21 bits per heavy atom. The largest absolute Gasteiger partial charge is 0.481 e. The second kappa shape index (κ2) is 24.0. The third-order valence-electron chi connectivity index (χ3n) is 22.9. The normalized spacial score (nSPS) is 54.6. The second-order valence-corrected chi connectivity index (χ2v) is 28.2. The molecule has 4 saturated carbocycles. The van der Waals surface area contributed by atoms with Gasteiger partial charge < -0.3 is 129 Å². The summed E-state index contributed by atoms with van der Waals surface area (Å²) in [7, 11) is 0. The van der Waals surface area contributed by atoms with Crippen LogP contribution in [0.25, 0.3) is 0 Å². The molecule has 86 heavy (non-hydrogen) atoms. The van der Waals surface area contributed by atoms with Crippen LogP contribution < -0.4 is 0 Å². The molecule has 32 unspecified atom stereocenters. The van der Waals surface area contributed by atoms with Gasteiger partial charge in [-0.25, -0.2) is 0 Å². The molecule has 28 heteroatoms. The molecule has 28 nitrogen and oxygen atoms in total. The first kappa shape index (κ1) is 66.6. The first-order valence-electron chi connectivity index (χ1n) is 30.2. The average Bonchev–Trinajstić information content (AvgIpc) is 0.737. The number of hydrogen-bond donors (Lipinski definition) is 16. The van der Waals surface area contributed by atoms with Crippen LogP contribution in [0.1, 0.15) is 106 Å². The minimum absolute atomic E-state index is 0.0767. The number of hydrogen-bond acceptors (Lipinski definition) is 27. The Labute approximate surface area is 497 Å². The summed E-state index contributed by atoms with van der Waals surface area (Å²) >= 11 is 0. The van der Waals surface area contributed by atoms with Crippen LogP contribution in [0.2, 0.25) is 0 Å². The smallest absolute Gasteiger partial charge is 0.315 e. The maximum absolute atomic E-state index is 15.8. The van der Waals surface area contributed by atoms with Crippen molar-refractivity contribution in [2.45, 2.75) is 253 Å². The first-order valence-corrected chi connectivity index (χ1v) is 30.2. The molecule has 492 valence electrons. The van der Waals surface area contributed by atoms with Gasteiger partial charge in [0.05, 0.1) is 56.1 Å². The molecule has 9 fully saturated rings. The lowest BCUT2D eigenvalue weighted by Crippen LogP contribution is -2.70. The standard InChI is InChI=1S/C58H92O28/c1-23-40(82-45-37(69)32(64)27(63)20-77-45)36(68)39(71)46(79-23)84-42-41(83-49-43(72)58(76,21-61)22-78-49)34(66)29(19-60)81-48(42)86-51(75)57-14-12-52(2,3)16-25(57)24-8-9-30-53(4)17-26(62)44(85-47-38(70)35(67)33(65)28(18-59)80-47)56(7,50(73)74)31(53)10-11-55(30,6)54(24,5)13-15-57/h8,23,25-49,59-72,76H,9-22H2,1-7H3,(H,73,74). The van der Waals surface area contributed by atoms with E-state index in [0.717, 1.165) is 5.57 Å². The highest BCUT2D eigenvalue weighted by atomic mass is 16.8. The van der Waals surface area contributed by atoms with Crippen molar-refractivity contribution in [3.63, 3.8) is 0 Å². The Hall–Kier alpha value is -2.28. The number of aliphatic hydroxyl groups is 15. The molecule has 0 spiro atoms. The van der Waals surface area contributed by atoms with Crippen molar-refractivity contribution < 1.29 is 139 Å². The Balaban J connectivity index is 0.950. The van der Waals surface area contributed by atoms with Crippen LogP contribution in [0, 0.1) is 50.2 Å². The molecular weight excluding hydrogens is 1140 g/mol. The third-order valence-corrected chi connectivity index (χ3v) is 22.9. The summed E-state index contributed by atoms with van der Waals surface area (Å²) in [4.78, 5) is 29.6. The van der Waals surface area contributed by atoms with Crippen LogP contribution in [-0.4, -0.2) is 274 Å². The zero-order chi connectivity index (χ0) is 62.9. The van der Waals surface area contributed by atoms with E-state index in [0.29, 0.717) is 44.9 Å². The zero-order valence-corrected chi connectivity index (χ0v) is 49.5. The van der Waals surface area contributed by atoms with Gasteiger partial charge >= 0.3 is 11.9 Å². The summed E-state index contributed by atoms with van der Waals surface area (Å²) in [5.41, 5.74) is -6.63. The molecule has 10 aliphatic rings. The number of carboxylic acid groups (broad SMARTS) is 1. The highest BCUT2D eigenvalue weighted by Crippen LogP contribution is 2.76. The molecule has 5 aliphatic heterocycles. The minimum Gasteiger partial charge on any atom is -0.481 e. The number of allylic oxidation sites excluding steroid dienone is 2. The molecule has 0 aromatic rings. The van der Waals surface area contributed by atoms with E-state index in [1.54, 1.807) is 0 Å². The fraction of sp³-hybridized carbons (Fsp3) is 0.931. The Bertz CT molecular complexity index is 2470. The number of aliphatic hydroxyl groups excluding tert-OH is 14. The van der Waals surface area contributed by atoms with E-state index in [9.17, 15) is 86.5 Å². The van der Waals surface area contributed by atoms with Crippen LogP contribution in [0.4, 0.5) is 0 Å². The van der Waals surface area contributed by atoms with Crippen molar-refractivity contribution in [2.24, 2.45) is 50.2 Å². The summed E-state index contributed by atoms with van der Waals surface area (Å²) in [6.45, 7) is 9.88. The fourth-order valence-electron chi connectivity index (χ4n) is 17.5. The molecule has 5 saturated heterocycles. The van der Waals surface area contributed by atoms with Gasteiger partial charge in [0, 0.05) is 0 Å². The molecular formula is C58H92O28. The predicted octanol–water partition coefficient (Wildman–Crippen LogP) is -3.87. The van der Waals surface area contributed by atoms with Crippen LogP contribution >= 0.6 is 0 Å². The van der Waals surface area contributed by atoms with Gasteiger partial charge in [-0.05, 0) is 111 Å². The van der Waals surface area contributed by atoms with E-state index in [1.165, 1.54) is 13.8 Å². The van der Waals surface area contributed by atoms with Crippen molar-refractivity contribution in [3.8, 4) is 0 Å². The van der Waals surface area contributed by atoms with Crippen molar-refractivity contribution in [1.29, 1.82) is 0 Å². The third kappa shape index (κ3) is 10.6. The molecule has 5 aliphatic carbocycles. The van der Waals surface area contributed by atoms with E-state index in [2.05, 4.69) is 33.8 Å². The highest BCUT2D eigenvalue weighted by Gasteiger charge is 2.73. The Morgan fingerprint density at radius 3 is 1.86 bits per heavy atom. The molecule has 10 rings (SSSR count). The Kier molecular flexibility index (Phi) is 18.6. The van der Waals surface area contributed by atoms with E-state index in [1.807, 2.05) is 6.92 Å². The summed E-state index contributed by atoms with van der Waals surface area (Å²) < 4.78 is 59.9. The number of esters is 1. The lowest BCUT2D eigenvalue weighted by molar-refractivity contribution is -0.384. The molecule has 0 bridgehead atoms. The van der Waals surface area contributed by atoms with E-state index in [-0.39, 0.29) is 24.2 Å².